The molecule has 1 heterocycles. The maximum atomic E-state index is 12.4. The molecular formula is C19H22N2O3S. The molecule has 0 bridgehead atoms. The molecule has 5 nitrogen and oxygen atoms in total. The van der Waals surface area contributed by atoms with Crippen LogP contribution >= 0.6 is 11.8 Å². The van der Waals surface area contributed by atoms with Gasteiger partial charge in [-0.2, -0.15) is 0 Å². The quantitative estimate of drug-likeness (QED) is 0.858. The van der Waals surface area contributed by atoms with Crippen LogP contribution < -0.4 is 15.8 Å². The summed E-state index contributed by atoms with van der Waals surface area (Å²) in [5.41, 5.74) is 6.11. The molecule has 0 unspecified atom stereocenters. The van der Waals surface area contributed by atoms with Crippen LogP contribution in [0.2, 0.25) is 0 Å². The van der Waals surface area contributed by atoms with E-state index in [-0.39, 0.29) is 5.91 Å². The predicted molar refractivity (Wildman–Crippen MR) is 99.2 cm³/mol. The van der Waals surface area contributed by atoms with Crippen LogP contribution in [-0.2, 0) is 9.53 Å². The maximum absolute atomic E-state index is 12.4. The Bertz CT molecular complexity index is 710. The van der Waals surface area contributed by atoms with Gasteiger partial charge in [0.15, 0.2) is 0 Å². The minimum Gasteiger partial charge on any atom is -0.497 e. The maximum Gasteiger partial charge on any atom is 0.244 e. The molecule has 25 heavy (non-hydrogen) atoms. The highest BCUT2D eigenvalue weighted by Crippen LogP contribution is 2.30. The first-order chi connectivity index (χ1) is 12.1. The fourth-order valence-corrected chi connectivity index (χ4v) is 3.42. The zero-order valence-corrected chi connectivity index (χ0v) is 15.0. The van der Waals surface area contributed by atoms with Crippen molar-refractivity contribution in [3.05, 3.63) is 48.5 Å². The number of nitrogens with one attached hydrogen (secondary N) is 1. The molecule has 1 amide bonds. The summed E-state index contributed by atoms with van der Waals surface area (Å²) in [6.07, 6.45) is 1.09. The van der Waals surface area contributed by atoms with Crippen molar-refractivity contribution in [1.82, 2.24) is 0 Å². The molecule has 1 fully saturated rings. The second-order valence-corrected chi connectivity index (χ2v) is 7.17. The van der Waals surface area contributed by atoms with E-state index in [0.29, 0.717) is 26.1 Å². The molecule has 0 aliphatic carbocycles. The molecule has 0 radical (unpaired) electrons. The van der Waals surface area contributed by atoms with Gasteiger partial charge in [0, 0.05) is 28.7 Å². The molecule has 3 rings (SSSR count). The van der Waals surface area contributed by atoms with Crippen molar-refractivity contribution in [3.8, 4) is 5.75 Å². The molecule has 1 aliphatic heterocycles. The first kappa shape index (κ1) is 17.8. The lowest BCUT2D eigenvalue weighted by Crippen LogP contribution is -2.54. The van der Waals surface area contributed by atoms with Gasteiger partial charge in [-0.3, -0.25) is 4.79 Å². The Labute approximate surface area is 151 Å². The number of amides is 1. The summed E-state index contributed by atoms with van der Waals surface area (Å²) in [7, 11) is 1.65. The highest BCUT2D eigenvalue weighted by molar-refractivity contribution is 7.99. The summed E-state index contributed by atoms with van der Waals surface area (Å²) in [6, 6.07) is 15.7. The van der Waals surface area contributed by atoms with Crippen LogP contribution in [-0.4, -0.2) is 31.8 Å². The molecule has 0 spiro atoms. The zero-order valence-electron chi connectivity index (χ0n) is 14.2. The van der Waals surface area contributed by atoms with Crippen LogP contribution in [0, 0.1) is 0 Å². The first-order valence-corrected chi connectivity index (χ1v) is 9.01. The Morgan fingerprint density at radius 2 is 1.64 bits per heavy atom. The predicted octanol–water partition coefficient (Wildman–Crippen LogP) is 3.29. The molecule has 2 aromatic rings. The Hall–Kier alpha value is -2.02. The van der Waals surface area contributed by atoms with Crippen LogP contribution in [0.3, 0.4) is 0 Å². The molecule has 3 N–H and O–H groups in total. The van der Waals surface area contributed by atoms with Crippen LogP contribution in [0.1, 0.15) is 12.8 Å². The number of carbonyl (C=O) groups is 1. The average Bonchev–Trinajstić information content (AvgIpc) is 2.64. The first-order valence-electron chi connectivity index (χ1n) is 8.19. The van der Waals surface area contributed by atoms with Gasteiger partial charge in [-0.15, -0.1) is 0 Å². The van der Waals surface area contributed by atoms with E-state index >= 15 is 0 Å². The number of anilines is 1. The monoisotopic (exact) mass is 358 g/mol. The summed E-state index contributed by atoms with van der Waals surface area (Å²) in [5.74, 6) is 0.692. The van der Waals surface area contributed by atoms with Gasteiger partial charge in [-0.05, 0) is 61.4 Å². The minimum atomic E-state index is -0.839. The van der Waals surface area contributed by atoms with E-state index < -0.39 is 5.54 Å². The molecule has 0 aromatic heterocycles. The smallest absolute Gasteiger partial charge is 0.244 e. The lowest BCUT2D eigenvalue weighted by molar-refractivity contribution is -0.124. The third-order valence-corrected chi connectivity index (χ3v) is 5.26. The number of benzene rings is 2. The van der Waals surface area contributed by atoms with Gasteiger partial charge < -0.3 is 20.5 Å². The van der Waals surface area contributed by atoms with E-state index in [4.69, 9.17) is 15.2 Å². The molecule has 0 saturated carbocycles. The fourth-order valence-electron chi connectivity index (χ4n) is 2.60. The molecule has 1 saturated heterocycles. The minimum absolute atomic E-state index is 0.147. The average molecular weight is 358 g/mol. The number of hydrogen-bond donors (Lipinski definition) is 2. The number of carbonyl (C=O) groups excluding carboxylic acids is 1. The molecule has 2 aromatic carbocycles. The fraction of sp³-hybridized carbons (Fsp3) is 0.316. The van der Waals surface area contributed by atoms with Gasteiger partial charge in [-0.1, -0.05) is 11.8 Å². The normalized spacial score (nSPS) is 16.2. The van der Waals surface area contributed by atoms with Crippen molar-refractivity contribution < 1.29 is 14.3 Å². The second kappa shape index (κ2) is 7.91. The van der Waals surface area contributed by atoms with E-state index in [9.17, 15) is 4.79 Å². The third kappa shape index (κ3) is 4.54. The van der Waals surface area contributed by atoms with E-state index in [1.807, 2.05) is 48.5 Å². The summed E-state index contributed by atoms with van der Waals surface area (Å²) >= 11 is 1.65. The van der Waals surface area contributed by atoms with E-state index in [0.717, 1.165) is 21.2 Å². The number of nitrogens with two attached hydrogens (primary N) is 1. The number of ether oxygens (including phenoxy) is 2. The van der Waals surface area contributed by atoms with Gasteiger partial charge in [0.25, 0.3) is 0 Å². The van der Waals surface area contributed by atoms with Crippen molar-refractivity contribution in [3.63, 3.8) is 0 Å². The highest BCUT2D eigenvalue weighted by atomic mass is 32.2. The number of methoxy groups -OCH3 is 1. The topological polar surface area (TPSA) is 73.6 Å². The Balaban J connectivity index is 1.60. The highest BCUT2D eigenvalue weighted by Gasteiger charge is 2.35. The molecule has 6 heteroatoms. The van der Waals surface area contributed by atoms with Gasteiger partial charge in [-0.25, -0.2) is 0 Å². The Morgan fingerprint density at radius 1 is 1.08 bits per heavy atom. The van der Waals surface area contributed by atoms with E-state index in [1.165, 1.54) is 0 Å². The number of rotatable bonds is 5. The van der Waals surface area contributed by atoms with Gasteiger partial charge in [0.2, 0.25) is 5.91 Å². The second-order valence-electron chi connectivity index (χ2n) is 6.02. The van der Waals surface area contributed by atoms with Crippen molar-refractivity contribution in [2.45, 2.75) is 28.2 Å². The summed E-state index contributed by atoms with van der Waals surface area (Å²) in [6.45, 7) is 1.06. The molecular weight excluding hydrogens is 336 g/mol. The van der Waals surface area contributed by atoms with Gasteiger partial charge in [0.05, 0.1) is 7.11 Å². The summed E-state index contributed by atoms with van der Waals surface area (Å²) < 4.78 is 10.4. The van der Waals surface area contributed by atoms with Crippen LogP contribution in [0.5, 0.6) is 5.75 Å². The lowest BCUT2D eigenvalue weighted by Gasteiger charge is -2.31. The van der Waals surface area contributed by atoms with Crippen molar-refractivity contribution in [2.75, 3.05) is 25.6 Å². The number of hydrogen-bond acceptors (Lipinski definition) is 5. The van der Waals surface area contributed by atoms with Gasteiger partial charge in [0.1, 0.15) is 11.3 Å². The van der Waals surface area contributed by atoms with E-state index in [1.54, 1.807) is 18.9 Å². The summed E-state index contributed by atoms with van der Waals surface area (Å²) in [5, 5.41) is 2.91. The molecule has 0 atom stereocenters. The SMILES string of the molecule is COc1ccc(Sc2ccc(NC(=O)C3(N)CCOCC3)cc2)cc1. The molecule has 132 valence electrons. The Kier molecular flexibility index (Phi) is 5.63. The standard InChI is InChI=1S/C19H22N2O3S/c1-23-15-4-8-17(9-5-15)25-16-6-2-14(3-7-16)21-18(22)19(20)10-12-24-13-11-19/h2-9H,10-13,20H2,1H3,(H,21,22). The van der Waals surface area contributed by atoms with Crippen molar-refractivity contribution in [1.29, 1.82) is 0 Å². The summed E-state index contributed by atoms with van der Waals surface area (Å²) in [4.78, 5) is 14.6. The van der Waals surface area contributed by atoms with Crippen LogP contribution in [0.4, 0.5) is 5.69 Å². The van der Waals surface area contributed by atoms with Crippen LogP contribution in [0.25, 0.3) is 0 Å². The Morgan fingerprint density at radius 3 is 2.20 bits per heavy atom. The molecule has 1 aliphatic rings. The van der Waals surface area contributed by atoms with Gasteiger partial charge >= 0.3 is 0 Å². The largest absolute Gasteiger partial charge is 0.497 e. The third-order valence-electron chi connectivity index (χ3n) is 4.24. The van der Waals surface area contributed by atoms with E-state index in [2.05, 4.69) is 5.32 Å². The van der Waals surface area contributed by atoms with Crippen molar-refractivity contribution in [2.24, 2.45) is 5.73 Å². The van der Waals surface area contributed by atoms with Crippen molar-refractivity contribution >= 4 is 23.4 Å². The lowest BCUT2D eigenvalue weighted by atomic mass is 9.90. The van der Waals surface area contributed by atoms with Crippen LogP contribution in [0.15, 0.2) is 58.3 Å². The zero-order chi connectivity index (χ0) is 17.7.